The lowest BCUT2D eigenvalue weighted by Gasteiger charge is -2.08. The van der Waals surface area contributed by atoms with Crippen molar-refractivity contribution in [2.45, 2.75) is 52.5 Å². The van der Waals surface area contributed by atoms with Gasteiger partial charge in [0.25, 0.3) is 5.91 Å². The maximum atomic E-state index is 12.9. The van der Waals surface area contributed by atoms with Gasteiger partial charge in [-0.3, -0.25) is 9.36 Å². The number of carbonyl (C=O) groups is 1. The minimum atomic E-state index is -0.364. The van der Waals surface area contributed by atoms with E-state index < -0.39 is 0 Å². The molecule has 0 aliphatic rings. The highest BCUT2D eigenvalue weighted by Crippen LogP contribution is 2.24. The molecule has 2 aromatic carbocycles. The van der Waals surface area contributed by atoms with Crippen LogP contribution in [0.2, 0.25) is 0 Å². The zero-order valence-corrected chi connectivity index (χ0v) is 18.9. The van der Waals surface area contributed by atoms with Crippen LogP contribution in [0.3, 0.4) is 0 Å². The van der Waals surface area contributed by atoms with Crippen molar-refractivity contribution in [3.63, 3.8) is 0 Å². The number of hydrogen-bond acceptors (Lipinski definition) is 6. The SMILES string of the molecule is CCCCc1nn(C(=O)CCC)c(=O)n1Cc1ccc(-c2cccc(-c3nn[nH]n3)c2)cc1. The number of H-pyrrole nitrogens is 1. The van der Waals surface area contributed by atoms with Gasteiger partial charge in [-0.25, -0.2) is 4.79 Å². The third kappa shape index (κ3) is 4.97. The molecule has 0 bridgehead atoms. The smallest absolute Gasteiger partial charge is 0.274 e. The Morgan fingerprint density at radius 2 is 1.79 bits per heavy atom. The van der Waals surface area contributed by atoms with Gasteiger partial charge in [-0.1, -0.05) is 62.7 Å². The highest BCUT2D eigenvalue weighted by Gasteiger charge is 2.18. The lowest BCUT2D eigenvalue weighted by atomic mass is 10.0. The van der Waals surface area contributed by atoms with Gasteiger partial charge in [-0.2, -0.15) is 5.21 Å². The molecule has 0 aliphatic carbocycles. The fourth-order valence-electron chi connectivity index (χ4n) is 3.70. The van der Waals surface area contributed by atoms with Gasteiger partial charge in [0.15, 0.2) is 0 Å². The molecule has 0 saturated carbocycles. The molecule has 0 saturated heterocycles. The van der Waals surface area contributed by atoms with Crippen LogP contribution in [0.25, 0.3) is 22.5 Å². The summed E-state index contributed by atoms with van der Waals surface area (Å²) in [5.41, 5.74) is 3.55. The largest absolute Gasteiger partial charge is 0.353 e. The van der Waals surface area contributed by atoms with Crippen molar-refractivity contribution in [3.8, 4) is 22.5 Å². The summed E-state index contributed by atoms with van der Waals surface area (Å²) >= 11 is 0. The van der Waals surface area contributed by atoms with E-state index in [2.05, 4.69) is 32.6 Å². The molecule has 0 unspecified atom stereocenters. The van der Waals surface area contributed by atoms with Gasteiger partial charge in [-0.05, 0) is 40.8 Å². The van der Waals surface area contributed by atoms with Crippen molar-refractivity contribution in [3.05, 3.63) is 70.4 Å². The maximum absolute atomic E-state index is 12.9. The van der Waals surface area contributed by atoms with Gasteiger partial charge in [0, 0.05) is 18.4 Å². The molecule has 2 heterocycles. The van der Waals surface area contributed by atoms with E-state index in [4.69, 9.17) is 0 Å². The van der Waals surface area contributed by atoms with Crippen molar-refractivity contribution in [2.75, 3.05) is 0 Å². The third-order valence-corrected chi connectivity index (χ3v) is 5.49. The Morgan fingerprint density at radius 1 is 1.00 bits per heavy atom. The summed E-state index contributed by atoms with van der Waals surface area (Å²) in [4.78, 5) is 25.3. The summed E-state index contributed by atoms with van der Waals surface area (Å²) in [6.45, 7) is 4.38. The van der Waals surface area contributed by atoms with E-state index >= 15 is 0 Å². The number of tetrazole rings is 1. The van der Waals surface area contributed by atoms with Gasteiger partial charge >= 0.3 is 5.69 Å². The Labute approximate surface area is 191 Å². The molecule has 9 heteroatoms. The van der Waals surface area contributed by atoms with Crippen LogP contribution >= 0.6 is 0 Å². The Balaban J connectivity index is 1.59. The van der Waals surface area contributed by atoms with E-state index in [1.54, 1.807) is 4.57 Å². The fourth-order valence-corrected chi connectivity index (χ4v) is 3.70. The van der Waals surface area contributed by atoms with Crippen LogP contribution in [-0.4, -0.2) is 40.9 Å². The Hall–Kier alpha value is -3.88. The molecule has 0 spiro atoms. The minimum absolute atomic E-state index is 0.254. The average molecular weight is 446 g/mol. The summed E-state index contributed by atoms with van der Waals surface area (Å²) < 4.78 is 2.65. The Bertz CT molecular complexity index is 1270. The second kappa shape index (κ2) is 10.2. The maximum Gasteiger partial charge on any atom is 0.353 e. The summed E-state index contributed by atoms with van der Waals surface area (Å²) in [7, 11) is 0. The highest BCUT2D eigenvalue weighted by atomic mass is 16.2. The number of nitrogens with zero attached hydrogens (tertiary/aromatic N) is 6. The molecular formula is C24H27N7O2. The summed E-state index contributed by atoms with van der Waals surface area (Å²) in [6.07, 6.45) is 3.55. The van der Waals surface area contributed by atoms with Gasteiger partial charge in [0.1, 0.15) is 5.82 Å². The van der Waals surface area contributed by atoms with E-state index in [9.17, 15) is 9.59 Å². The van der Waals surface area contributed by atoms with Gasteiger partial charge < -0.3 is 0 Å². The van der Waals surface area contributed by atoms with Crippen LogP contribution in [-0.2, 0) is 13.0 Å². The van der Waals surface area contributed by atoms with E-state index in [1.165, 1.54) is 0 Å². The fraction of sp³-hybridized carbons (Fsp3) is 0.333. The van der Waals surface area contributed by atoms with Crippen LogP contribution in [0.1, 0.15) is 55.7 Å². The highest BCUT2D eigenvalue weighted by molar-refractivity contribution is 5.77. The van der Waals surface area contributed by atoms with Crippen molar-refractivity contribution in [2.24, 2.45) is 0 Å². The van der Waals surface area contributed by atoms with Crippen LogP contribution < -0.4 is 5.69 Å². The zero-order valence-electron chi connectivity index (χ0n) is 18.9. The standard InChI is InChI=1S/C24H27N7O2/c1-3-5-10-21-27-31(22(32)7-4-2)24(33)30(21)16-17-11-13-18(14-12-17)19-8-6-9-20(15-19)23-25-28-29-26-23/h6,8-9,11-15H,3-5,7,10,16H2,1-2H3,(H,25,26,28,29). The molecule has 9 nitrogen and oxygen atoms in total. The molecule has 1 N–H and O–H groups in total. The third-order valence-electron chi connectivity index (χ3n) is 5.49. The first-order valence-corrected chi connectivity index (χ1v) is 11.3. The first-order valence-electron chi connectivity index (χ1n) is 11.3. The first kappa shape index (κ1) is 22.3. The summed E-state index contributed by atoms with van der Waals surface area (Å²) in [6, 6.07) is 16.0. The van der Waals surface area contributed by atoms with Crippen LogP contribution in [0, 0.1) is 0 Å². The summed E-state index contributed by atoms with van der Waals surface area (Å²) in [5.74, 6) is 0.945. The zero-order chi connectivity index (χ0) is 23.2. The lowest BCUT2D eigenvalue weighted by Crippen LogP contribution is -2.30. The second-order valence-corrected chi connectivity index (χ2v) is 7.96. The van der Waals surface area contributed by atoms with Crippen molar-refractivity contribution < 1.29 is 4.79 Å². The van der Waals surface area contributed by atoms with Gasteiger partial charge in [-0.15, -0.1) is 20.0 Å². The molecule has 170 valence electrons. The molecule has 0 fully saturated rings. The number of aromatic nitrogens is 7. The van der Waals surface area contributed by atoms with Crippen molar-refractivity contribution in [1.29, 1.82) is 0 Å². The number of hydrogen-bond donors (Lipinski definition) is 1. The number of benzene rings is 2. The Kier molecular flexibility index (Phi) is 6.87. The molecule has 0 radical (unpaired) electrons. The predicted molar refractivity (Wildman–Crippen MR) is 125 cm³/mol. The van der Waals surface area contributed by atoms with E-state index in [0.29, 0.717) is 37.5 Å². The molecule has 0 aliphatic heterocycles. The predicted octanol–water partition coefficient (Wildman–Crippen LogP) is 3.72. The van der Waals surface area contributed by atoms with Crippen LogP contribution in [0.4, 0.5) is 0 Å². The van der Waals surface area contributed by atoms with E-state index in [0.717, 1.165) is 39.8 Å². The lowest BCUT2D eigenvalue weighted by molar-refractivity contribution is 0.0880. The summed E-state index contributed by atoms with van der Waals surface area (Å²) in [5, 5.41) is 18.5. The molecule has 2 aromatic heterocycles. The monoisotopic (exact) mass is 445 g/mol. The molecule has 0 atom stereocenters. The molecular weight excluding hydrogens is 418 g/mol. The van der Waals surface area contributed by atoms with E-state index in [-0.39, 0.29) is 11.6 Å². The number of aromatic amines is 1. The minimum Gasteiger partial charge on any atom is -0.274 e. The normalized spacial score (nSPS) is 11.1. The van der Waals surface area contributed by atoms with Crippen LogP contribution in [0.5, 0.6) is 0 Å². The first-order chi connectivity index (χ1) is 16.1. The molecule has 33 heavy (non-hydrogen) atoms. The number of aryl methyl sites for hydroxylation is 1. The number of nitrogens with one attached hydrogen (secondary N) is 1. The molecule has 4 rings (SSSR count). The van der Waals surface area contributed by atoms with Gasteiger partial charge in [0.05, 0.1) is 6.54 Å². The van der Waals surface area contributed by atoms with Crippen molar-refractivity contribution in [1.82, 2.24) is 35.0 Å². The second-order valence-electron chi connectivity index (χ2n) is 7.96. The Morgan fingerprint density at radius 3 is 2.48 bits per heavy atom. The van der Waals surface area contributed by atoms with Crippen LogP contribution in [0.15, 0.2) is 53.3 Å². The number of rotatable bonds is 9. The quantitative estimate of drug-likeness (QED) is 0.420. The van der Waals surface area contributed by atoms with Gasteiger partial charge in [0.2, 0.25) is 5.82 Å². The molecule has 0 amide bonds. The van der Waals surface area contributed by atoms with Crippen molar-refractivity contribution >= 4 is 5.91 Å². The average Bonchev–Trinajstić information content (AvgIpc) is 3.48. The van der Waals surface area contributed by atoms with E-state index in [1.807, 2.05) is 55.5 Å². The topological polar surface area (TPSA) is 111 Å². The number of carbonyl (C=O) groups excluding carboxylic acids is 1. The molecule has 4 aromatic rings. The number of unbranched alkanes of at least 4 members (excludes halogenated alkanes) is 1.